The third kappa shape index (κ3) is 5.49. The lowest BCUT2D eigenvalue weighted by Gasteiger charge is -2.13. The van der Waals surface area contributed by atoms with Gasteiger partial charge in [-0.2, -0.15) is 0 Å². The zero-order valence-electron chi connectivity index (χ0n) is 16.3. The molecule has 0 aliphatic carbocycles. The van der Waals surface area contributed by atoms with Gasteiger partial charge in [0, 0.05) is 17.0 Å². The minimum Gasteiger partial charge on any atom is -0.495 e. The van der Waals surface area contributed by atoms with Crippen LogP contribution in [0.25, 0.3) is 10.6 Å². The van der Waals surface area contributed by atoms with Gasteiger partial charge in [0.25, 0.3) is 5.91 Å². The SMILES string of the molecule is COc1cc(OC)c(NC(=O)COC(=O)Cc2csc(-c3ccccc3)n2)cc1Cl. The molecular weight excluding hydrogens is 428 g/mol. The molecule has 0 aliphatic rings. The first-order valence-corrected chi connectivity index (χ1v) is 10.1. The summed E-state index contributed by atoms with van der Waals surface area (Å²) >= 11 is 7.53. The third-order valence-corrected chi connectivity index (χ3v) is 5.25. The average molecular weight is 447 g/mol. The highest BCUT2D eigenvalue weighted by Crippen LogP contribution is 2.35. The molecule has 7 nitrogen and oxygen atoms in total. The first kappa shape index (κ1) is 21.6. The van der Waals surface area contributed by atoms with Crippen LogP contribution in [0.1, 0.15) is 5.69 Å². The fourth-order valence-corrected chi connectivity index (χ4v) is 3.66. The second kappa shape index (κ2) is 10.1. The smallest absolute Gasteiger partial charge is 0.312 e. The number of rotatable bonds is 8. The third-order valence-electron chi connectivity index (χ3n) is 4.01. The molecule has 2 aromatic carbocycles. The fraction of sp³-hybridized carbons (Fsp3) is 0.190. The van der Waals surface area contributed by atoms with E-state index >= 15 is 0 Å². The Balaban J connectivity index is 1.53. The maximum Gasteiger partial charge on any atom is 0.312 e. The van der Waals surface area contributed by atoms with Gasteiger partial charge in [0.1, 0.15) is 16.5 Å². The number of aromatic nitrogens is 1. The van der Waals surface area contributed by atoms with Crippen molar-refractivity contribution in [2.45, 2.75) is 6.42 Å². The Morgan fingerprint density at radius 3 is 2.53 bits per heavy atom. The summed E-state index contributed by atoms with van der Waals surface area (Å²) in [5.74, 6) is -0.288. The molecular formula is C21H19ClN2O5S. The van der Waals surface area contributed by atoms with Crippen molar-refractivity contribution in [3.63, 3.8) is 0 Å². The van der Waals surface area contributed by atoms with Crippen LogP contribution in [-0.4, -0.2) is 37.7 Å². The molecule has 1 N–H and O–H groups in total. The molecule has 0 saturated carbocycles. The molecule has 0 saturated heterocycles. The van der Waals surface area contributed by atoms with Crippen LogP contribution in [0.4, 0.5) is 5.69 Å². The molecule has 3 rings (SSSR count). The van der Waals surface area contributed by atoms with E-state index in [2.05, 4.69) is 10.3 Å². The van der Waals surface area contributed by atoms with Crippen molar-refractivity contribution in [1.82, 2.24) is 4.98 Å². The minimum atomic E-state index is -0.546. The van der Waals surface area contributed by atoms with Crippen molar-refractivity contribution >= 4 is 40.5 Å². The van der Waals surface area contributed by atoms with Crippen LogP contribution in [-0.2, 0) is 20.7 Å². The molecule has 1 aromatic heterocycles. The highest BCUT2D eigenvalue weighted by Gasteiger charge is 2.15. The summed E-state index contributed by atoms with van der Waals surface area (Å²) in [4.78, 5) is 28.7. The molecule has 30 heavy (non-hydrogen) atoms. The molecule has 1 heterocycles. The Morgan fingerprint density at radius 1 is 1.10 bits per heavy atom. The summed E-state index contributed by atoms with van der Waals surface area (Å²) in [5.41, 5.74) is 1.91. The predicted octanol–water partition coefficient (Wildman–Crippen LogP) is 4.21. The fourth-order valence-electron chi connectivity index (χ4n) is 2.59. The molecule has 0 spiro atoms. The van der Waals surface area contributed by atoms with Crippen LogP contribution in [0.3, 0.4) is 0 Å². The van der Waals surface area contributed by atoms with E-state index in [9.17, 15) is 9.59 Å². The number of esters is 1. The van der Waals surface area contributed by atoms with Gasteiger partial charge in [-0.3, -0.25) is 9.59 Å². The second-order valence-corrected chi connectivity index (χ2v) is 7.35. The van der Waals surface area contributed by atoms with Gasteiger partial charge in [0.2, 0.25) is 0 Å². The van der Waals surface area contributed by atoms with E-state index in [1.807, 2.05) is 30.3 Å². The maximum atomic E-state index is 12.2. The van der Waals surface area contributed by atoms with E-state index in [1.54, 1.807) is 11.4 Å². The lowest BCUT2D eigenvalue weighted by Crippen LogP contribution is -2.22. The van der Waals surface area contributed by atoms with Crippen molar-refractivity contribution < 1.29 is 23.8 Å². The van der Waals surface area contributed by atoms with E-state index in [0.29, 0.717) is 27.9 Å². The summed E-state index contributed by atoms with van der Waals surface area (Å²) in [6, 6.07) is 12.7. The van der Waals surface area contributed by atoms with E-state index in [1.165, 1.54) is 31.6 Å². The van der Waals surface area contributed by atoms with Crippen LogP contribution in [0.2, 0.25) is 5.02 Å². The molecule has 0 bridgehead atoms. The summed E-state index contributed by atoms with van der Waals surface area (Å²) in [5, 5.41) is 5.53. The molecule has 0 unspecified atom stereocenters. The summed E-state index contributed by atoms with van der Waals surface area (Å²) in [6.07, 6.45) is -0.0195. The Labute approximate surface area is 182 Å². The van der Waals surface area contributed by atoms with Gasteiger partial charge in [-0.25, -0.2) is 4.98 Å². The molecule has 0 radical (unpaired) electrons. The van der Waals surface area contributed by atoms with Crippen molar-refractivity contribution in [3.8, 4) is 22.1 Å². The number of nitrogens with one attached hydrogen (secondary N) is 1. The molecule has 0 aliphatic heterocycles. The number of amides is 1. The molecule has 3 aromatic rings. The standard InChI is InChI=1S/C21H19ClN2O5S/c1-27-17-10-18(28-2)16(9-15(17)22)24-19(25)11-29-20(26)8-14-12-30-21(23-14)13-6-4-3-5-7-13/h3-7,9-10,12H,8,11H2,1-2H3,(H,24,25). The second-order valence-electron chi connectivity index (χ2n) is 6.08. The number of carbonyl (C=O) groups excluding carboxylic acids is 2. The van der Waals surface area contributed by atoms with Gasteiger partial charge in [0.05, 0.1) is 37.0 Å². The van der Waals surface area contributed by atoms with Crippen LogP contribution in [0, 0.1) is 0 Å². The average Bonchev–Trinajstić information content (AvgIpc) is 3.21. The van der Waals surface area contributed by atoms with E-state index in [0.717, 1.165) is 10.6 Å². The lowest BCUT2D eigenvalue weighted by atomic mass is 10.2. The van der Waals surface area contributed by atoms with Crippen LogP contribution in [0.15, 0.2) is 47.8 Å². The summed E-state index contributed by atoms with van der Waals surface area (Å²) < 4.78 is 15.4. The number of thiazole rings is 1. The quantitative estimate of drug-likeness (QED) is 0.522. The van der Waals surface area contributed by atoms with Crippen LogP contribution < -0.4 is 14.8 Å². The van der Waals surface area contributed by atoms with Crippen molar-refractivity contribution in [2.24, 2.45) is 0 Å². The number of benzene rings is 2. The predicted molar refractivity (Wildman–Crippen MR) is 115 cm³/mol. The molecule has 156 valence electrons. The highest BCUT2D eigenvalue weighted by atomic mass is 35.5. The lowest BCUT2D eigenvalue weighted by molar-refractivity contribution is -0.146. The van der Waals surface area contributed by atoms with E-state index < -0.39 is 18.5 Å². The zero-order chi connectivity index (χ0) is 21.5. The Morgan fingerprint density at radius 2 is 1.83 bits per heavy atom. The number of hydrogen-bond acceptors (Lipinski definition) is 7. The van der Waals surface area contributed by atoms with Crippen molar-refractivity contribution in [3.05, 3.63) is 58.6 Å². The Bertz CT molecular complexity index is 1040. The first-order chi connectivity index (χ1) is 14.5. The largest absolute Gasteiger partial charge is 0.495 e. The van der Waals surface area contributed by atoms with Gasteiger partial charge in [0.15, 0.2) is 6.61 Å². The topological polar surface area (TPSA) is 86.8 Å². The molecule has 9 heteroatoms. The molecule has 0 atom stereocenters. The first-order valence-electron chi connectivity index (χ1n) is 8.87. The number of nitrogens with zero attached hydrogens (tertiary/aromatic N) is 1. The summed E-state index contributed by atoms with van der Waals surface area (Å²) in [7, 11) is 2.93. The van der Waals surface area contributed by atoms with Crippen LogP contribution >= 0.6 is 22.9 Å². The van der Waals surface area contributed by atoms with E-state index in [4.69, 9.17) is 25.8 Å². The van der Waals surface area contributed by atoms with Gasteiger partial charge >= 0.3 is 5.97 Å². The van der Waals surface area contributed by atoms with Crippen molar-refractivity contribution in [2.75, 3.05) is 26.1 Å². The minimum absolute atomic E-state index is 0.0195. The Kier molecular flexibility index (Phi) is 7.26. The normalized spacial score (nSPS) is 10.4. The zero-order valence-corrected chi connectivity index (χ0v) is 17.9. The number of methoxy groups -OCH3 is 2. The molecule has 0 fully saturated rings. The Hall–Kier alpha value is -3.10. The van der Waals surface area contributed by atoms with Gasteiger partial charge in [-0.1, -0.05) is 41.9 Å². The van der Waals surface area contributed by atoms with E-state index in [-0.39, 0.29) is 6.42 Å². The van der Waals surface area contributed by atoms with Gasteiger partial charge in [-0.05, 0) is 6.07 Å². The summed E-state index contributed by atoms with van der Waals surface area (Å²) in [6.45, 7) is -0.443. The van der Waals surface area contributed by atoms with Crippen LogP contribution in [0.5, 0.6) is 11.5 Å². The van der Waals surface area contributed by atoms with Crippen molar-refractivity contribution in [1.29, 1.82) is 0 Å². The van der Waals surface area contributed by atoms with Gasteiger partial charge < -0.3 is 19.5 Å². The number of halogens is 1. The highest BCUT2D eigenvalue weighted by molar-refractivity contribution is 7.13. The number of hydrogen-bond donors (Lipinski definition) is 1. The molecule has 1 amide bonds. The number of carbonyl (C=O) groups is 2. The number of ether oxygens (including phenoxy) is 3. The maximum absolute atomic E-state index is 12.2. The number of anilines is 1. The van der Waals surface area contributed by atoms with Gasteiger partial charge in [-0.15, -0.1) is 11.3 Å². The monoisotopic (exact) mass is 446 g/mol.